The minimum atomic E-state index is -0.578. The molecule has 1 aliphatic heterocycles. The fourth-order valence-electron chi connectivity index (χ4n) is 4.83. The standard InChI is InChI=1S/C31H35NO6/c1-22(24-12-8-5-9-13-24)27-21-38-31(34)32(27)30(33)17-15-26(20-37-19-23-10-6-4-7-11-23)25-14-16-28(35-2)29(18-25)36-3/h4-14,16,18,22,26-27H,15,17,19-21H2,1-3H3/t22?,26-,27-/m1/s1. The van der Waals surface area contributed by atoms with Gasteiger partial charge in [0.15, 0.2) is 11.5 Å². The zero-order chi connectivity index (χ0) is 26.9. The summed E-state index contributed by atoms with van der Waals surface area (Å²) >= 11 is 0. The number of imide groups is 1. The van der Waals surface area contributed by atoms with Gasteiger partial charge < -0.3 is 18.9 Å². The van der Waals surface area contributed by atoms with E-state index in [1.165, 1.54) is 4.90 Å². The Morgan fingerprint density at radius 3 is 2.32 bits per heavy atom. The van der Waals surface area contributed by atoms with E-state index in [9.17, 15) is 9.59 Å². The van der Waals surface area contributed by atoms with Gasteiger partial charge in [-0.05, 0) is 35.2 Å². The molecule has 1 saturated heterocycles. The number of amides is 2. The van der Waals surface area contributed by atoms with Gasteiger partial charge in [-0.2, -0.15) is 0 Å². The number of rotatable bonds is 12. The van der Waals surface area contributed by atoms with Gasteiger partial charge >= 0.3 is 6.09 Å². The van der Waals surface area contributed by atoms with Crippen LogP contribution in [0, 0.1) is 0 Å². The number of carbonyl (C=O) groups is 2. The van der Waals surface area contributed by atoms with Crippen LogP contribution in [0.3, 0.4) is 0 Å². The van der Waals surface area contributed by atoms with Crippen LogP contribution >= 0.6 is 0 Å². The molecule has 1 unspecified atom stereocenters. The number of carbonyl (C=O) groups excluding carboxylic acids is 2. The van der Waals surface area contributed by atoms with Crippen molar-refractivity contribution in [3.05, 3.63) is 95.6 Å². The van der Waals surface area contributed by atoms with Crippen LogP contribution in [0.15, 0.2) is 78.9 Å². The van der Waals surface area contributed by atoms with Crippen molar-refractivity contribution in [2.45, 2.75) is 44.2 Å². The predicted octanol–water partition coefficient (Wildman–Crippen LogP) is 5.94. The number of hydrogen-bond donors (Lipinski definition) is 0. The summed E-state index contributed by atoms with van der Waals surface area (Å²) in [5.74, 6) is 0.875. The molecule has 0 spiro atoms. The number of ether oxygens (including phenoxy) is 4. The Morgan fingerprint density at radius 1 is 0.947 bits per heavy atom. The number of nitrogens with zero attached hydrogens (tertiary/aromatic N) is 1. The van der Waals surface area contributed by atoms with Crippen LogP contribution in [0.25, 0.3) is 0 Å². The van der Waals surface area contributed by atoms with Crippen LogP contribution in [0.2, 0.25) is 0 Å². The van der Waals surface area contributed by atoms with Crippen LogP contribution in [0.4, 0.5) is 4.79 Å². The topological polar surface area (TPSA) is 74.3 Å². The summed E-state index contributed by atoms with van der Waals surface area (Å²) in [6.07, 6.45) is 0.103. The Hall–Kier alpha value is -3.84. The smallest absolute Gasteiger partial charge is 0.416 e. The van der Waals surface area contributed by atoms with E-state index >= 15 is 0 Å². The van der Waals surface area contributed by atoms with Gasteiger partial charge in [-0.3, -0.25) is 4.79 Å². The average molecular weight is 518 g/mol. The maximum atomic E-state index is 13.4. The summed E-state index contributed by atoms with van der Waals surface area (Å²) in [6.45, 7) is 3.09. The summed E-state index contributed by atoms with van der Waals surface area (Å²) in [5.41, 5.74) is 3.11. The van der Waals surface area contributed by atoms with Crippen molar-refractivity contribution in [2.24, 2.45) is 0 Å². The van der Waals surface area contributed by atoms with Crippen LogP contribution in [0.1, 0.15) is 48.3 Å². The molecule has 0 bridgehead atoms. The van der Waals surface area contributed by atoms with Crippen molar-refractivity contribution in [1.82, 2.24) is 4.90 Å². The molecule has 3 atom stereocenters. The molecular formula is C31H35NO6. The molecule has 4 rings (SSSR count). The highest BCUT2D eigenvalue weighted by molar-refractivity contribution is 5.93. The molecular weight excluding hydrogens is 482 g/mol. The zero-order valence-corrected chi connectivity index (χ0v) is 22.2. The molecule has 1 aliphatic rings. The Bertz CT molecular complexity index is 1200. The SMILES string of the molecule is COc1ccc([C@H](CCC(=O)N2C(=O)OC[C@@H]2C(C)c2ccccc2)COCc2ccccc2)cc1OC. The summed E-state index contributed by atoms with van der Waals surface area (Å²) in [5, 5.41) is 0. The highest BCUT2D eigenvalue weighted by Gasteiger charge is 2.41. The van der Waals surface area contributed by atoms with E-state index in [4.69, 9.17) is 18.9 Å². The summed E-state index contributed by atoms with van der Waals surface area (Å²) < 4.78 is 22.3. The molecule has 3 aromatic rings. The lowest BCUT2D eigenvalue weighted by molar-refractivity contribution is -0.129. The van der Waals surface area contributed by atoms with Crippen LogP contribution in [0.5, 0.6) is 11.5 Å². The molecule has 1 heterocycles. The minimum Gasteiger partial charge on any atom is -0.493 e. The third-order valence-electron chi connectivity index (χ3n) is 7.09. The largest absolute Gasteiger partial charge is 0.493 e. The maximum Gasteiger partial charge on any atom is 0.416 e. The van der Waals surface area contributed by atoms with Gasteiger partial charge in [0.25, 0.3) is 0 Å². The number of methoxy groups -OCH3 is 2. The third kappa shape index (κ3) is 6.53. The molecule has 2 amide bonds. The van der Waals surface area contributed by atoms with Gasteiger partial charge in [0.2, 0.25) is 5.91 Å². The first-order valence-corrected chi connectivity index (χ1v) is 12.9. The summed E-state index contributed by atoms with van der Waals surface area (Å²) in [7, 11) is 3.19. The second kappa shape index (κ2) is 13.1. The average Bonchev–Trinajstić information content (AvgIpc) is 3.36. The summed E-state index contributed by atoms with van der Waals surface area (Å²) in [6, 6.07) is 25.2. The molecule has 0 radical (unpaired) electrons. The van der Waals surface area contributed by atoms with Crippen molar-refractivity contribution < 1.29 is 28.5 Å². The zero-order valence-electron chi connectivity index (χ0n) is 22.2. The van der Waals surface area contributed by atoms with E-state index in [-0.39, 0.29) is 36.8 Å². The third-order valence-corrected chi connectivity index (χ3v) is 7.09. The monoisotopic (exact) mass is 517 g/mol. The molecule has 1 fully saturated rings. The van der Waals surface area contributed by atoms with Gasteiger partial charge in [-0.1, -0.05) is 73.7 Å². The van der Waals surface area contributed by atoms with E-state index in [1.807, 2.05) is 85.8 Å². The lowest BCUT2D eigenvalue weighted by Crippen LogP contribution is -2.41. The van der Waals surface area contributed by atoms with Crippen molar-refractivity contribution in [1.29, 1.82) is 0 Å². The number of hydrogen-bond acceptors (Lipinski definition) is 6. The first-order chi connectivity index (χ1) is 18.5. The Kier molecular flexibility index (Phi) is 9.38. The lowest BCUT2D eigenvalue weighted by Gasteiger charge is -2.26. The van der Waals surface area contributed by atoms with E-state index in [0.29, 0.717) is 31.1 Å². The molecule has 7 nitrogen and oxygen atoms in total. The fourth-order valence-corrected chi connectivity index (χ4v) is 4.83. The molecule has 0 saturated carbocycles. The van der Waals surface area contributed by atoms with Crippen LogP contribution < -0.4 is 9.47 Å². The van der Waals surface area contributed by atoms with Gasteiger partial charge in [0.05, 0.1) is 33.5 Å². The highest BCUT2D eigenvalue weighted by Crippen LogP contribution is 2.34. The summed E-state index contributed by atoms with van der Waals surface area (Å²) in [4.78, 5) is 27.3. The second-order valence-electron chi connectivity index (χ2n) is 9.46. The molecule has 0 aromatic heterocycles. The molecule has 7 heteroatoms. The fraction of sp³-hybridized carbons (Fsp3) is 0.355. The van der Waals surface area contributed by atoms with E-state index < -0.39 is 6.09 Å². The van der Waals surface area contributed by atoms with Crippen molar-refractivity contribution in [3.8, 4) is 11.5 Å². The molecule has 0 aliphatic carbocycles. The Balaban J connectivity index is 1.47. The first-order valence-electron chi connectivity index (χ1n) is 12.9. The van der Waals surface area contributed by atoms with Crippen molar-refractivity contribution >= 4 is 12.0 Å². The Labute approximate surface area is 224 Å². The first kappa shape index (κ1) is 27.2. The number of cyclic esters (lactones) is 1. The van der Waals surface area contributed by atoms with E-state index in [0.717, 1.165) is 16.7 Å². The molecule has 0 N–H and O–H groups in total. The maximum absolute atomic E-state index is 13.4. The van der Waals surface area contributed by atoms with Gasteiger partial charge in [-0.15, -0.1) is 0 Å². The van der Waals surface area contributed by atoms with Crippen molar-refractivity contribution in [3.63, 3.8) is 0 Å². The second-order valence-corrected chi connectivity index (χ2v) is 9.46. The number of benzene rings is 3. The van der Waals surface area contributed by atoms with Crippen LogP contribution in [-0.4, -0.2) is 50.4 Å². The molecule has 38 heavy (non-hydrogen) atoms. The van der Waals surface area contributed by atoms with Gasteiger partial charge in [-0.25, -0.2) is 9.69 Å². The minimum absolute atomic E-state index is 0.0394. The van der Waals surface area contributed by atoms with Crippen LogP contribution in [-0.2, 0) is 20.9 Å². The lowest BCUT2D eigenvalue weighted by atomic mass is 9.92. The van der Waals surface area contributed by atoms with Gasteiger partial charge in [0, 0.05) is 18.3 Å². The van der Waals surface area contributed by atoms with Crippen molar-refractivity contribution in [2.75, 3.05) is 27.4 Å². The quantitative estimate of drug-likeness (QED) is 0.296. The van der Waals surface area contributed by atoms with E-state index in [1.54, 1.807) is 14.2 Å². The highest BCUT2D eigenvalue weighted by atomic mass is 16.6. The van der Waals surface area contributed by atoms with Gasteiger partial charge in [0.1, 0.15) is 6.61 Å². The molecule has 200 valence electrons. The Morgan fingerprint density at radius 2 is 1.63 bits per heavy atom. The predicted molar refractivity (Wildman–Crippen MR) is 144 cm³/mol. The van der Waals surface area contributed by atoms with E-state index in [2.05, 4.69) is 0 Å². The normalized spacial score (nSPS) is 16.6. The molecule has 3 aromatic carbocycles.